The molecular weight excluding hydrogens is 463 g/mol. The van der Waals surface area contributed by atoms with E-state index in [1.54, 1.807) is 13.1 Å². The molecule has 3 N–H and O–H groups in total. The van der Waals surface area contributed by atoms with Crippen molar-refractivity contribution in [1.82, 2.24) is 14.9 Å². The number of halogens is 2. The summed E-state index contributed by atoms with van der Waals surface area (Å²) in [7, 11) is 2.01. The van der Waals surface area contributed by atoms with Gasteiger partial charge in [-0.25, -0.2) is 9.78 Å². The Balaban J connectivity index is 1.64. The van der Waals surface area contributed by atoms with Gasteiger partial charge in [0.15, 0.2) is 0 Å². The Kier molecular flexibility index (Phi) is 6.59. The number of hydrogen-bond acceptors (Lipinski definition) is 6. The van der Waals surface area contributed by atoms with Gasteiger partial charge in [-0.2, -0.15) is 0 Å². The number of benzene rings is 2. The van der Waals surface area contributed by atoms with Crippen LogP contribution in [0.3, 0.4) is 0 Å². The van der Waals surface area contributed by atoms with Crippen LogP contribution < -0.4 is 10.5 Å². The molecule has 0 saturated heterocycles. The number of ether oxygens (including phenoxy) is 1. The van der Waals surface area contributed by atoms with E-state index >= 15 is 0 Å². The maximum atomic E-state index is 11.4. The van der Waals surface area contributed by atoms with Gasteiger partial charge >= 0.3 is 5.97 Å². The Morgan fingerprint density at radius 2 is 2.06 bits per heavy atom. The van der Waals surface area contributed by atoms with E-state index in [0.29, 0.717) is 16.3 Å². The van der Waals surface area contributed by atoms with Crippen LogP contribution in [0.15, 0.2) is 36.7 Å². The molecule has 33 heavy (non-hydrogen) atoms. The third-order valence-electron chi connectivity index (χ3n) is 5.93. The molecule has 1 aliphatic rings. The molecule has 1 aliphatic heterocycles. The fourth-order valence-corrected chi connectivity index (χ4v) is 4.87. The Hall–Kier alpha value is -2.71. The molecule has 0 saturated carbocycles. The van der Waals surface area contributed by atoms with Crippen molar-refractivity contribution in [3.05, 3.63) is 74.5 Å². The fourth-order valence-electron chi connectivity index (χ4n) is 4.11. The normalized spacial score (nSPS) is 16.8. The highest BCUT2D eigenvalue weighted by atomic mass is 35.5. The van der Waals surface area contributed by atoms with Crippen LogP contribution in [0.25, 0.3) is 11.3 Å². The number of nitrogens with two attached hydrogens (primary N) is 1. The second kappa shape index (κ2) is 9.27. The van der Waals surface area contributed by atoms with Crippen molar-refractivity contribution >= 4 is 29.2 Å². The quantitative estimate of drug-likeness (QED) is 0.530. The summed E-state index contributed by atoms with van der Waals surface area (Å²) in [6.07, 6.45) is 3.36. The van der Waals surface area contributed by atoms with E-state index in [-0.39, 0.29) is 22.6 Å². The number of carboxylic acids is 1. The summed E-state index contributed by atoms with van der Waals surface area (Å²) in [6.45, 7) is 4.58. The minimum atomic E-state index is -1.14. The Bertz CT molecular complexity index is 1230. The first kappa shape index (κ1) is 23.4. The Morgan fingerprint density at radius 3 is 2.79 bits per heavy atom. The molecule has 1 aromatic heterocycles. The smallest absolute Gasteiger partial charge is 0.337 e. The van der Waals surface area contributed by atoms with Crippen molar-refractivity contribution in [1.29, 1.82) is 0 Å². The van der Waals surface area contributed by atoms with Crippen LogP contribution in [-0.2, 0) is 13.0 Å². The number of hydrogen-bond donors (Lipinski definition) is 2. The number of rotatable bonds is 5. The minimum absolute atomic E-state index is 0.0123. The van der Waals surface area contributed by atoms with Gasteiger partial charge in [-0.3, -0.25) is 9.88 Å². The summed E-state index contributed by atoms with van der Waals surface area (Å²) < 4.78 is 5.97. The van der Waals surface area contributed by atoms with E-state index in [1.165, 1.54) is 29.5 Å². The van der Waals surface area contributed by atoms with E-state index in [4.69, 9.17) is 33.7 Å². The van der Waals surface area contributed by atoms with E-state index in [1.807, 2.05) is 7.05 Å². The first-order valence-electron chi connectivity index (χ1n) is 10.4. The third kappa shape index (κ3) is 4.68. The third-order valence-corrected chi connectivity index (χ3v) is 6.67. The van der Waals surface area contributed by atoms with Crippen LogP contribution in [0, 0.1) is 6.92 Å². The van der Waals surface area contributed by atoms with Gasteiger partial charge in [0.25, 0.3) is 0 Å². The number of carboxylic acid groups (broad SMARTS) is 1. The molecule has 2 aromatic carbocycles. The van der Waals surface area contributed by atoms with Gasteiger partial charge in [-0.05, 0) is 61.9 Å². The summed E-state index contributed by atoms with van der Waals surface area (Å²) in [5.74, 6) is -0.858. The molecule has 0 radical (unpaired) electrons. The maximum Gasteiger partial charge on any atom is 0.337 e. The van der Waals surface area contributed by atoms with Crippen molar-refractivity contribution < 1.29 is 14.6 Å². The summed E-state index contributed by atoms with van der Waals surface area (Å²) in [5.41, 5.74) is 11.8. The SMILES string of the molecule is Cc1cc(-c2cncc(OC(C)c3c(Cl)ccc(C(=O)O)c3Cl)n2)cc2c1CC(N)N(C)C2. The predicted octanol–water partition coefficient (Wildman–Crippen LogP) is 4.87. The van der Waals surface area contributed by atoms with E-state index in [0.717, 1.165) is 24.1 Å². The second-order valence-corrected chi connectivity index (χ2v) is 9.03. The highest BCUT2D eigenvalue weighted by Gasteiger charge is 2.24. The standard InChI is InChI=1S/C24H24Cl2N4O3/c1-12-6-14(7-15-11-30(3)20(27)8-17(12)15)19-9-28-10-21(29-19)33-13(2)22-18(25)5-4-16(23(22)26)24(31)32/h4-7,9-10,13,20H,8,11,27H2,1-3H3,(H,31,32). The summed E-state index contributed by atoms with van der Waals surface area (Å²) in [4.78, 5) is 22.5. The Labute approximate surface area is 202 Å². The van der Waals surface area contributed by atoms with Gasteiger partial charge in [-0.15, -0.1) is 0 Å². The molecule has 172 valence electrons. The lowest BCUT2D eigenvalue weighted by Crippen LogP contribution is -2.44. The lowest BCUT2D eigenvalue weighted by molar-refractivity contribution is 0.0697. The molecule has 0 bridgehead atoms. The van der Waals surface area contributed by atoms with Crippen LogP contribution in [0.2, 0.25) is 10.0 Å². The average Bonchev–Trinajstić information content (AvgIpc) is 2.75. The van der Waals surface area contributed by atoms with Crippen molar-refractivity contribution in [2.75, 3.05) is 7.05 Å². The number of carbonyl (C=O) groups is 1. The fraction of sp³-hybridized carbons (Fsp3) is 0.292. The molecule has 9 heteroatoms. The molecule has 0 fully saturated rings. The number of aromatic nitrogens is 2. The van der Waals surface area contributed by atoms with Crippen LogP contribution in [0.4, 0.5) is 0 Å². The van der Waals surface area contributed by atoms with Gasteiger partial charge in [0, 0.05) is 29.1 Å². The molecule has 0 spiro atoms. The highest BCUT2D eigenvalue weighted by molar-refractivity contribution is 6.38. The zero-order chi connectivity index (χ0) is 23.9. The van der Waals surface area contributed by atoms with Gasteiger partial charge in [0.1, 0.15) is 6.10 Å². The lowest BCUT2D eigenvalue weighted by Gasteiger charge is -2.32. The summed E-state index contributed by atoms with van der Waals surface area (Å²) in [6, 6.07) is 7.06. The average molecular weight is 487 g/mol. The molecule has 4 rings (SSSR count). The lowest BCUT2D eigenvalue weighted by atomic mass is 9.91. The number of nitrogens with zero attached hydrogens (tertiary/aromatic N) is 3. The number of aryl methyl sites for hydroxylation is 1. The van der Waals surface area contributed by atoms with E-state index in [9.17, 15) is 9.90 Å². The van der Waals surface area contributed by atoms with Gasteiger partial charge < -0.3 is 15.6 Å². The van der Waals surface area contributed by atoms with E-state index in [2.05, 4.69) is 33.9 Å². The molecule has 3 aromatic rings. The largest absolute Gasteiger partial charge is 0.478 e. The topological polar surface area (TPSA) is 102 Å². The molecular formula is C24H24Cl2N4O3. The number of fused-ring (bicyclic) bond motifs is 1. The first-order chi connectivity index (χ1) is 15.7. The zero-order valence-electron chi connectivity index (χ0n) is 18.5. The maximum absolute atomic E-state index is 11.4. The molecule has 2 atom stereocenters. The monoisotopic (exact) mass is 486 g/mol. The molecule has 0 aliphatic carbocycles. The molecule has 0 amide bonds. The summed E-state index contributed by atoms with van der Waals surface area (Å²) in [5, 5.41) is 9.71. The highest BCUT2D eigenvalue weighted by Crippen LogP contribution is 2.36. The van der Waals surface area contributed by atoms with Crippen molar-refractivity contribution in [2.45, 2.75) is 39.1 Å². The van der Waals surface area contributed by atoms with Gasteiger partial charge in [0.05, 0.1) is 34.8 Å². The van der Waals surface area contributed by atoms with Gasteiger partial charge in [-0.1, -0.05) is 23.2 Å². The minimum Gasteiger partial charge on any atom is -0.478 e. The second-order valence-electron chi connectivity index (χ2n) is 8.25. The first-order valence-corrected chi connectivity index (χ1v) is 11.2. The molecule has 7 nitrogen and oxygen atoms in total. The summed E-state index contributed by atoms with van der Waals surface area (Å²) >= 11 is 12.6. The van der Waals surface area contributed by atoms with Crippen molar-refractivity contribution in [3.63, 3.8) is 0 Å². The molecule has 2 unspecified atom stereocenters. The number of aromatic carboxylic acids is 1. The predicted molar refractivity (Wildman–Crippen MR) is 128 cm³/mol. The van der Waals surface area contributed by atoms with Crippen LogP contribution in [-0.4, -0.2) is 39.2 Å². The van der Waals surface area contributed by atoms with Crippen molar-refractivity contribution in [3.8, 4) is 17.1 Å². The van der Waals surface area contributed by atoms with Crippen LogP contribution >= 0.6 is 23.2 Å². The van der Waals surface area contributed by atoms with Crippen molar-refractivity contribution in [2.24, 2.45) is 5.73 Å². The zero-order valence-corrected chi connectivity index (χ0v) is 20.0. The van der Waals surface area contributed by atoms with Crippen LogP contribution in [0.5, 0.6) is 5.88 Å². The van der Waals surface area contributed by atoms with Crippen LogP contribution in [0.1, 0.15) is 45.6 Å². The molecule has 2 heterocycles. The Morgan fingerprint density at radius 1 is 1.30 bits per heavy atom. The van der Waals surface area contributed by atoms with E-state index < -0.39 is 12.1 Å². The number of likely N-dealkylation sites (N-methyl/N-ethyl adjacent to an activating group) is 1. The van der Waals surface area contributed by atoms with Gasteiger partial charge in [0.2, 0.25) is 5.88 Å².